The van der Waals surface area contributed by atoms with Crippen LogP contribution in [0, 0.1) is 13.8 Å². The summed E-state index contributed by atoms with van der Waals surface area (Å²) in [6.45, 7) is 4.30. The number of pyridine rings is 1. The van der Waals surface area contributed by atoms with E-state index >= 15 is 0 Å². The molecule has 0 unspecified atom stereocenters. The van der Waals surface area contributed by atoms with Crippen molar-refractivity contribution < 1.29 is 4.79 Å². The summed E-state index contributed by atoms with van der Waals surface area (Å²) in [5.41, 5.74) is 3.52. The van der Waals surface area contributed by atoms with Crippen molar-refractivity contribution in [2.45, 2.75) is 20.4 Å². The highest BCUT2D eigenvalue weighted by Gasteiger charge is 2.15. The van der Waals surface area contributed by atoms with Gasteiger partial charge in [-0.15, -0.1) is 16.4 Å². The van der Waals surface area contributed by atoms with Gasteiger partial charge in [0.2, 0.25) is 0 Å². The van der Waals surface area contributed by atoms with Crippen molar-refractivity contribution in [3.05, 3.63) is 64.0 Å². The van der Waals surface area contributed by atoms with Gasteiger partial charge in [0.25, 0.3) is 5.91 Å². The predicted octanol–water partition coefficient (Wildman–Crippen LogP) is 1.85. The molecule has 1 amide bonds. The lowest BCUT2D eigenvalue weighted by molar-refractivity contribution is 0.0955. The minimum atomic E-state index is -0.182. The number of thiophene rings is 1. The van der Waals surface area contributed by atoms with Crippen molar-refractivity contribution in [1.82, 2.24) is 40.3 Å². The van der Waals surface area contributed by atoms with Gasteiger partial charge >= 0.3 is 0 Å². The fraction of sp³-hybridized carbons (Fsp3) is 0.176. The predicted molar refractivity (Wildman–Crippen MR) is 99.0 cm³/mol. The van der Waals surface area contributed by atoms with Crippen LogP contribution in [0.15, 0.2) is 42.2 Å². The maximum Gasteiger partial charge on any atom is 0.263 e. The van der Waals surface area contributed by atoms with Crippen molar-refractivity contribution in [1.29, 1.82) is 0 Å². The third kappa shape index (κ3) is 3.47. The topological polar surface area (TPSA) is 103 Å². The number of amides is 1. The van der Waals surface area contributed by atoms with Crippen LogP contribution < -0.4 is 5.32 Å². The second-order valence-electron chi connectivity index (χ2n) is 5.94. The third-order valence-corrected chi connectivity index (χ3v) is 4.84. The summed E-state index contributed by atoms with van der Waals surface area (Å²) in [5, 5.41) is 20.2. The van der Waals surface area contributed by atoms with E-state index in [1.165, 1.54) is 22.3 Å². The van der Waals surface area contributed by atoms with E-state index in [-0.39, 0.29) is 5.91 Å². The molecule has 0 aliphatic rings. The molecule has 0 aliphatic heterocycles. The highest BCUT2D eigenvalue weighted by atomic mass is 32.1. The smallest absolute Gasteiger partial charge is 0.263 e. The Balaban J connectivity index is 1.44. The van der Waals surface area contributed by atoms with Gasteiger partial charge in [0.15, 0.2) is 5.82 Å². The molecule has 1 N–H and O–H groups in total. The monoisotopic (exact) mass is 380 g/mol. The first-order valence-electron chi connectivity index (χ1n) is 8.19. The van der Waals surface area contributed by atoms with Gasteiger partial charge in [-0.25, -0.2) is 9.67 Å². The Morgan fingerprint density at radius 3 is 2.81 bits per heavy atom. The molecule has 0 saturated carbocycles. The quantitative estimate of drug-likeness (QED) is 0.567. The highest BCUT2D eigenvalue weighted by Crippen LogP contribution is 2.20. The van der Waals surface area contributed by atoms with Crippen LogP contribution in [0.1, 0.15) is 26.6 Å². The van der Waals surface area contributed by atoms with Gasteiger partial charge in [0, 0.05) is 18.4 Å². The molecule has 136 valence electrons. The summed E-state index contributed by atoms with van der Waals surface area (Å²) < 4.78 is 3.26. The lowest BCUT2D eigenvalue weighted by Crippen LogP contribution is -2.23. The molecule has 4 rings (SSSR count). The number of carbonyl (C=O) groups is 1. The molecule has 0 fully saturated rings. The fourth-order valence-electron chi connectivity index (χ4n) is 2.69. The summed E-state index contributed by atoms with van der Waals surface area (Å²) in [6, 6.07) is 7.62. The van der Waals surface area contributed by atoms with Crippen molar-refractivity contribution in [3.8, 4) is 11.5 Å². The van der Waals surface area contributed by atoms with Crippen molar-refractivity contribution in [2.75, 3.05) is 0 Å². The molecule has 4 heterocycles. The molecule has 4 aromatic heterocycles. The van der Waals surface area contributed by atoms with Gasteiger partial charge in [-0.3, -0.25) is 4.79 Å². The van der Waals surface area contributed by atoms with E-state index in [1.54, 1.807) is 16.9 Å². The lowest BCUT2D eigenvalue weighted by atomic mass is 10.2. The average molecular weight is 380 g/mol. The number of nitrogens with one attached hydrogen (secondary N) is 1. The molecule has 27 heavy (non-hydrogen) atoms. The number of aryl methyl sites for hydroxylation is 2. The van der Waals surface area contributed by atoms with Crippen LogP contribution in [0.25, 0.3) is 11.5 Å². The summed E-state index contributed by atoms with van der Waals surface area (Å²) in [7, 11) is 0. The number of hydrogen-bond acceptors (Lipinski definition) is 7. The first-order valence-corrected chi connectivity index (χ1v) is 9.07. The van der Waals surface area contributed by atoms with Crippen molar-refractivity contribution >= 4 is 17.2 Å². The Morgan fingerprint density at radius 1 is 1.26 bits per heavy atom. The van der Waals surface area contributed by atoms with E-state index in [0.717, 1.165) is 22.8 Å². The maximum absolute atomic E-state index is 12.5. The van der Waals surface area contributed by atoms with Crippen molar-refractivity contribution in [3.63, 3.8) is 0 Å². The molecule has 4 aromatic rings. The Kier molecular flexibility index (Phi) is 4.47. The van der Waals surface area contributed by atoms with Crippen LogP contribution in [0.2, 0.25) is 0 Å². The number of hydrogen-bond donors (Lipinski definition) is 1. The van der Waals surface area contributed by atoms with Gasteiger partial charge < -0.3 is 5.32 Å². The van der Waals surface area contributed by atoms with E-state index in [0.29, 0.717) is 17.1 Å². The third-order valence-electron chi connectivity index (χ3n) is 3.94. The molecule has 10 heteroatoms. The standard InChI is InChI=1S/C17H16N8OS/c1-11-7-12(2)25(21-11)15-4-3-13(8-18-15)9-19-17(26)16-14(5-6-27-16)24-10-20-22-23-24/h3-8,10H,9H2,1-2H3,(H,19,26). The maximum atomic E-state index is 12.5. The first-order chi connectivity index (χ1) is 13.1. The minimum absolute atomic E-state index is 0.182. The number of carbonyl (C=O) groups excluding carboxylic acids is 1. The summed E-state index contributed by atoms with van der Waals surface area (Å²) in [6.07, 6.45) is 3.20. The molecule has 0 saturated heterocycles. The molecular formula is C17H16N8OS. The molecule has 0 radical (unpaired) electrons. The minimum Gasteiger partial charge on any atom is -0.347 e. The number of nitrogens with zero attached hydrogens (tertiary/aromatic N) is 7. The lowest BCUT2D eigenvalue weighted by Gasteiger charge is -2.07. The Hall–Kier alpha value is -3.40. The molecule has 0 aromatic carbocycles. The Labute approximate surface area is 158 Å². The van der Waals surface area contributed by atoms with E-state index in [4.69, 9.17) is 0 Å². The molecule has 0 aliphatic carbocycles. The SMILES string of the molecule is Cc1cc(C)n(-c2ccc(CNC(=O)c3sccc3-n3cnnn3)cn2)n1. The Morgan fingerprint density at radius 2 is 2.15 bits per heavy atom. The number of rotatable bonds is 5. The van der Waals surface area contributed by atoms with E-state index in [2.05, 4.69) is 30.9 Å². The summed E-state index contributed by atoms with van der Waals surface area (Å²) >= 11 is 1.34. The Bertz CT molecular complexity index is 1070. The van der Waals surface area contributed by atoms with Crippen LogP contribution in [0.3, 0.4) is 0 Å². The zero-order valence-electron chi connectivity index (χ0n) is 14.7. The van der Waals surface area contributed by atoms with E-state index in [9.17, 15) is 4.79 Å². The fourth-order valence-corrected chi connectivity index (χ4v) is 3.49. The van der Waals surface area contributed by atoms with Crippen LogP contribution in [-0.4, -0.2) is 40.9 Å². The molecular weight excluding hydrogens is 364 g/mol. The molecule has 0 spiro atoms. The molecule has 9 nitrogen and oxygen atoms in total. The zero-order valence-corrected chi connectivity index (χ0v) is 15.5. The summed E-state index contributed by atoms with van der Waals surface area (Å²) in [4.78, 5) is 17.5. The van der Waals surface area contributed by atoms with Crippen LogP contribution in [-0.2, 0) is 6.54 Å². The normalized spacial score (nSPS) is 10.9. The van der Waals surface area contributed by atoms with Gasteiger partial charge in [0.05, 0.1) is 11.4 Å². The van der Waals surface area contributed by atoms with E-state index in [1.807, 2.05) is 37.4 Å². The van der Waals surface area contributed by atoms with Gasteiger partial charge in [-0.05, 0) is 53.4 Å². The average Bonchev–Trinajstić information content (AvgIpc) is 3.40. The first kappa shape index (κ1) is 17.0. The highest BCUT2D eigenvalue weighted by molar-refractivity contribution is 7.12. The molecule has 0 atom stereocenters. The number of aromatic nitrogens is 7. The largest absolute Gasteiger partial charge is 0.347 e. The van der Waals surface area contributed by atoms with Crippen LogP contribution in [0.5, 0.6) is 0 Å². The molecule has 0 bridgehead atoms. The van der Waals surface area contributed by atoms with Gasteiger partial charge in [-0.2, -0.15) is 9.78 Å². The number of tetrazole rings is 1. The van der Waals surface area contributed by atoms with Gasteiger partial charge in [0.1, 0.15) is 11.2 Å². The van der Waals surface area contributed by atoms with Crippen LogP contribution in [0.4, 0.5) is 0 Å². The second-order valence-corrected chi connectivity index (χ2v) is 6.85. The van der Waals surface area contributed by atoms with E-state index < -0.39 is 0 Å². The van der Waals surface area contributed by atoms with Crippen LogP contribution >= 0.6 is 11.3 Å². The second kappa shape index (κ2) is 7.08. The zero-order chi connectivity index (χ0) is 18.8. The van der Waals surface area contributed by atoms with Gasteiger partial charge in [-0.1, -0.05) is 6.07 Å². The van der Waals surface area contributed by atoms with Crippen molar-refractivity contribution in [2.24, 2.45) is 0 Å². The summed E-state index contributed by atoms with van der Waals surface area (Å²) in [5.74, 6) is 0.563.